The monoisotopic (exact) mass is 228 g/mol. The second-order valence-corrected chi connectivity index (χ2v) is 5.02. The van der Waals surface area contributed by atoms with E-state index in [1.54, 1.807) is 0 Å². The van der Waals surface area contributed by atoms with Crippen molar-refractivity contribution in [2.75, 3.05) is 13.1 Å². The Hall–Kier alpha value is -0.610. The van der Waals surface area contributed by atoms with E-state index in [9.17, 15) is 4.79 Å². The SMILES string of the molecule is CC1CCN(C(C)C)C(CCC(=O)O)CN1. The van der Waals surface area contributed by atoms with Gasteiger partial charge in [0.05, 0.1) is 0 Å². The Kier molecular flexibility index (Phi) is 5.22. The fraction of sp³-hybridized carbons (Fsp3) is 0.917. The summed E-state index contributed by atoms with van der Waals surface area (Å²) in [5.41, 5.74) is 0. The van der Waals surface area contributed by atoms with Crippen LogP contribution in [0.1, 0.15) is 40.0 Å². The van der Waals surface area contributed by atoms with Gasteiger partial charge in [-0.3, -0.25) is 9.69 Å². The van der Waals surface area contributed by atoms with Crippen LogP contribution in [-0.4, -0.2) is 47.2 Å². The van der Waals surface area contributed by atoms with Crippen LogP contribution in [0.5, 0.6) is 0 Å². The maximum absolute atomic E-state index is 10.6. The van der Waals surface area contributed by atoms with E-state index < -0.39 is 5.97 Å². The number of hydrogen-bond acceptors (Lipinski definition) is 3. The topological polar surface area (TPSA) is 52.6 Å². The Morgan fingerprint density at radius 2 is 2.25 bits per heavy atom. The van der Waals surface area contributed by atoms with Crippen LogP contribution in [0, 0.1) is 0 Å². The molecule has 0 radical (unpaired) electrons. The number of carboxylic acids is 1. The highest BCUT2D eigenvalue weighted by Gasteiger charge is 2.25. The zero-order valence-electron chi connectivity index (χ0n) is 10.6. The summed E-state index contributed by atoms with van der Waals surface area (Å²) in [7, 11) is 0. The van der Waals surface area contributed by atoms with E-state index in [-0.39, 0.29) is 6.42 Å². The number of nitrogens with one attached hydrogen (secondary N) is 1. The standard InChI is InChI=1S/C12H24N2O2/c1-9(2)14-7-6-10(3)13-8-11(14)4-5-12(15)16/h9-11,13H,4-8H2,1-3H3,(H,15,16). The molecular weight excluding hydrogens is 204 g/mol. The van der Waals surface area contributed by atoms with Crippen LogP contribution in [0.4, 0.5) is 0 Å². The minimum Gasteiger partial charge on any atom is -0.481 e. The summed E-state index contributed by atoms with van der Waals surface area (Å²) in [5.74, 6) is -0.694. The molecule has 4 nitrogen and oxygen atoms in total. The Morgan fingerprint density at radius 3 is 2.81 bits per heavy atom. The maximum atomic E-state index is 10.6. The molecule has 0 aliphatic carbocycles. The number of carbonyl (C=O) groups is 1. The molecule has 1 heterocycles. The first-order chi connectivity index (χ1) is 7.50. The lowest BCUT2D eigenvalue weighted by molar-refractivity contribution is -0.137. The molecule has 0 saturated carbocycles. The summed E-state index contributed by atoms with van der Waals surface area (Å²) in [6, 6.07) is 1.39. The number of rotatable bonds is 4. The van der Waals surface area contributed by atoms with Crippen molar-refractivity contribution in [3.8, 4) is 0 Å². The molecule has 2 unspecified atom stereocenters. The van der Waals surface area contributed by atoms with Gasteiger partial charge >= 0.3 is 5.97 Å². The van der Waals surface area contributed by atoms with Crippen LogP contribution in [0.2, 0.25) is 0 Å². The molecule has 0 aromatic heterocycles. The van der Waals surface area contributed by atoms with E-state index in [2.05, 4.69) is 31.0 Å². The summed E-state index contributed by atoms with van der Waals surface area (Å²) in [6.45, 7) is 8.54. The van der Waals surface area contributed by atoms with Gasteiger partial charge in [-0.2, -0.15) is 0 Å². The van der Waals surface area contributed by atoms with Gasteiger partial charge in [0.25, 0.3) is 0 Å². The average Bonchev–Trinajstić information content (AvgIpc) is 2.37. The minimum absolute atomic E-state index is 0.268. The second kappa shape index (κ2) is 6.21. The largest absolute Gasteiger partial charge is 0.481 e. The predicted molar refractivity (Wildman–Crippen MR) is 64.6 cm³/mol. The van der Waals surface area contributed by atoms with E-state index >= 15 is 0 Å². The Balaban J connectivity index is 2.56. The summed E-state index contributed by atoms with van der Waals surface area (Å²) in [5, 5.41) is 12.2. The van der Waals surface area contributed by atoms with Crippen molar-refractivity contribution in [2.24, 2.45) is 0 Å². The summed E-state index contributed by atoms with van der Waals surface area (Å²) in [6.07, 6.45) is 2.15. The highest BCUT2D eigenvalue weighted by molar-refractivity contribution is 5.66. The lowest BCUT2D eigenvalue weighted by Gasteiger charge is -2.32. The van der Waals surface area contributed by atoms with Crippen LogP contribution in [-0.2, 0) is 4.79 Å². The third-order valence-corrected chi connectivity index (χ3v) is 3.35. The molecule has 94 valence electrons. The lowest BCUT2D eigenvalue weighted by Crippen LogP contribution is -2.44. The van der Waals surface area contributed by atoms with Crippen molar-refractivity contribution < 1.29 is 9.90 Å². The molecule has 1 saturated heterocycles. The van der Waals surface area contributed by atoms with Gasteiger partial charge in [0.2, 0.25) is 0 Å². The third-order valence-electron chi connectivity index (χ3n) is 3.35. The zero-order valence-corrected chi connectivity index (χ0v) is 10.6. The average molecular weight is 228 g/mol. The van der Waals surface area contributed by atoms with Crippen molar-refractivity contribution >= 4 is 5.97 Å². The van der Waals surface area contributed by atoms with Crippen molar-refractivity contribution in [3.63, 3.8) is 0 Å². The van der Waals surface area contributed by atoms with Gasteiger partial charge in [-0.1, -0.05) is 0 Å². The minimum atomic E-state index is -0.694. The molecule has 1 aliphatic heterocycles. The molecule has 16 heavy (non-hydrogen) atoms. The van der Waals surface area contributed by atoms with Crippen LogP contribution in [0.3, 0.4) is 0 Å². The first-order valence-corrected chi connectivity index (χ1v) is 6.21. The van der Waals surface area contributed by atoms with Crippen LogP contribution < -0.4 is 5.32 Å². The Morgan fingerprint density at radius 1 is 1.56 bits per heavy atom. The van der Waals surface area contributed by atoms with Gasteiger partial charge in [0.15, 0.2) is 0 Å². The first kappa shape index (κ1) is 13.5. The van der Waals surface area contributed by atoms with Crippen LogP contribution >= 0.6 is 0 Å². The molecule has 0 bridgehead atoms. The molecular formula is C12H24N2O2. The molecule has 0 amide bonds. The van der Waals surface area contributed by atoms with E-state index in [0.29, 0.717) is 18.1 Å². The smallest absolute Gasteiger partial charge is 0.303 e. The fourth-order valence-electron chi connectivity index (χ4n) is 2.32. The number of hydrogen-bond donors (Lipinski definition) is 2. The summed E-state index contributed by atoms with van der Waals surface area (Å²) >= 11 is 0. The molecule has 0 aromatic carbocycles. The van der Waals surface area contributed by atoms with Gasteiger partial charge < -0.3 is 10.4 Å². The number of carboxylic acid groups (broad SMARTS) is 1. The predicted octanol–water partition coefficient (Wildman–Crippen LogP) is 1.31. The van der Waals surface area contributed by atoms with Crippen molar-refractivity contribution in [3.05, 3.63) is 0 Å². The maximum Gasteiger partial charge on any atom is 0.303 e. The highest BCUT2D eigenvalue weighted by atomic mass is 16.4. The molecule has 0 spiro atoms. The lowest BCUT2D eigenvalue weighted by atomic mass is 10.1. The molecule has 1 rings (SSSR count). The second-order valence-electron chi connectivity index (χ2n) is 5.02. The summed E-state index contributed by atoms with van der Waals surface area (Å²) in [4.78, 5) is 13.1. The van der Waals surface area contributed by atoms with Gasteiger partial charge in [0.1, 0.15) is 0 Å². The number of aliphatic carboxylic acids is 1. The molecule has 2 N–H and O–H groups in total. The van der Waals surface area contributed by atoms with Crippen molar-refractivity contribution in [1.29, 1.82) is 0 Å². The van der Waals surface area contributed by atoms with Crippen LogP contribution in [0.15, 0.2) is 0 Å². The quantitative estimate of drug-likeness (QED) is 0.762. The molecule has 1 fully saturated rings. The van der Waals surface area contributed by atoms with Gasteiger partial charge in [-0.25, -0.2) is 0 Å². The normalized spacial score (nSPS) is 28.0. The third kappa shape index (κ3) is 4.10. The Bertz CT molecular complexity index is 231. The highest BCUT2D eigenvalue weighted by Crippen LogP contribution is 2.15. The zero-order chi connectivity index (χ0) is 12.1. The number of nitrogens with zero attached hydrogens (tertiary/aromatic N) is 1. The fourth-order valence-corrected chi connectivity index (χ4v) is 2.32. The van der Waals surface area contributed by atoms with Crippen LogP contribution in [0.25, 0.3) is 0 Å². The van der Waals surface area contributed by atoms with Crippen molar-refractivity contribution in [2.45, 2.75) is 58.2 Å². The van der Waals surface area contributed by atoms with Gasteiger partial charge in [-0.15, -0.1) is 0 Å². The molecule has 1 aliphatic rings. The van der Waals surface area contributed by atoms with Crippen molar-refractivity contribution in [1.82, 2.24) is 10.2 Å². The summed E-state index contributed by atoms with van der Waals surface area (Å²) < 4.78 is 0. The molecule has 2 atom stereocenters. The van der Waals surface area contributed by atoms with Gasteiger partial charge in [-0.05, 0) is 33.6 Å². The van der Waals surface area contributed by atoms with E-state index in [1.165, 1.54) is 0 Å². The first-order valence-electron chi connectivity index (χ1n) is 6.21. The molecule has 4 heteroatoms. The van der Waals surface area contributed by atoms with E-state index in [4.69, 9.17) is 5.11 Å². The van der Waals surface area contributed by atoms with E-state index in [0.717, 1.165) is 25.9 Å². The van der Waals surface area contributed by atoms with E-state index in [1.807, 2.05) is 0 Å². The Labute approximate surface area is 98.0 Å². The van der Waals surface area contributed by atoms with Gasteiger partial charge in [0, 0.05) is 37.6 Å². The molecule has 0 aromatic rings.